The van der Waals surface area contributed by atoms with E-state index in [1.807, 2.05) is 0 Å². The fraction of sp³-hybridized carbons (Fsp3) is 0.103. The molecule has 0 radical (unpaired) electrons. The predicted octanol–water partition coefficient (Wildman–Crippen LogP) is 5.48. The second-order valence-corrected chi connectivity index (χ2v) is 9.00. The SMILES string of the molecule is O=C(Oc1cc(O)cc2c1C[C@H](OC(=O)c1ccc(F)c(F)c1)[C@@H](c1ccc(O)c(O)c1)O2)c1ccc(F)c(F)c1. The maximum atomic E-state index is 13.8. The van der Waals surface area contributed by atoms with Gasteiger partial charge in [0.15, 0.2) is 40.9 Å². The quantitative estimate of drug-likeness (QED) is 0.125. The average Bonchev–Trinajstić information content (AvgIpc) is 2.93. The third-order valence-corrected chi connectivity index (χ3v) is 6.25. The highest BCUT2D eigenvalue weighted by atomic mass is 19.2. The number of halogens is 4. The van der Waals surface area contributed by atoms with Crippen LogP contribution in [0.1, 0.15) is 37.9 Å². The monoisotopic (exact) mass is 570 g/mol. The van der Waals surface area contributed by atoms with E-state index in [0.29, 0.717) is 12.1 Å². The molecule has 1 aliphatic heterocycles. The van der Waals surface area contributed by atoms with Crippen LogP contribution in [0.5, 0.6) is 28.7 Å². The van der Waals surface area contributed by atoms with Crippen molar-refractivity contribution in [3.05, 3.63) is 112 Å². The summed E-state index contributed by atoms with van der Waals surface area (Å²) in [5, 5.41) is 30.0. The number of esters is 2. The van der Waals surface area contributed by atoms with Gasteiger partial charge in [-0.2, -0.15) is 0 Å². The van der Waals surface area contributed by atoms with Crippen LogP contribution in [0.4, 0.5) is 17.6 Å². The first-order valence-corrected chi connectivity index (χ1v) is 11.9. The van der Waals surface area contributed by atoms with Crippen molar-refractivity contribution in [2.24, 2.45) is 0 Å². The van der Waals surface area contributed by atoms with Crippen molar-refractivity contribution < 1.29 is 56.7 Å². The molecule has 0 unspecified atom stereocenters. The molecule has 0 spiro atoms. The van der Waals surface area contributed by atoms with Gasteiger partial charge in [0.1, 0.15) is 23.4 Å². The van der Waals surface area contributed by atoms with Crippen molar-refractivity contribution in [3.8, 4) is 28.7 Å². The molecule has 0 aromatic heterocycles. The summed E-state index contributed by atoms with van der Waals surface area (Å²) < 4.78 is 71.0. The number of phenols is 3. The highest BCUT2D eigenvalue weighted by Gasteiger charge is 2.37. The summed E-state index contributed by atoms with van der Waals surface area (Å²) in [6.07, 6.45) is -2.63. The van der Waals surface area contributed by atoms with Crippen LogP contribution in [0, 0.1) is 23.3 Å². The molecular weight excluding hydrogens is 552 g/mol. The Balaban J connectivity index is 1.52. The van der Waals surface area contributed by atoms with Gasteiger partial charge in [-0.1, -0.05) is 6.07 Å². The van der Waals surface area contributed by atoms with Crippen LogP contribution in [0.3, 0.4) is 0 Å². The Morgan fingerprint density at radius 2 is 1.37 bits per heavy atom. The molecule has 8 nitrogen and oxygen atoms in total. The number of phenolic OH excluding ortho intramolecular Hbond substituents is 3. The number of rotatable bonds is 5. The Morgan fingerprint density at radius 3 is 1.98 bits per heavy atom. The zero-order valence-corrected chi connectivity index (χ0v) is 20.6. The molecule has 4 aromatic carbocycles. The summed E-state index contributed by atoms with van der Waals surface area (Å²) in [5.41, 5.74) is -0.312. The number of carbonyl (C=O) groups is 2. The summed E-state index contributed by atoms with van der Waals surface area (Å²) in [6, 6.07) is 10.7. The second-order valence-electron chi connectivity index (χ2n) is 9.00. The number of carbonyl (C=O) groups excluding carboxylic acids is 2. The van der Waals surface area contributed by atoms with E-state index in [2.05, 4.69) is 0 Å². The molecule has 0 saturated carbocycles. The fourth-order valence-electron chi connectivity index (χ4n) is 4.24. The number of hydrogen-bond acceptors (Lipinski definition) is 8. The lowest BCUT2D eigenvalue weighted by Crippen LogP contribution is -2.35. The average molecular weight is 570 g/mol. The van der Waals surface area contributed by atoms with Gasteiger partial charge in [-0.15, -0.1) is 0 Å². The summed E-state index contributed by atoms with van der Waals surface area (Å²) in [7, 11) is 0. The van der Waals surface area contributed by atoms with Crippen LogP contribution in [-0.4, -0.2) is 33.4 Å². The Kier molecular flexibility index (Phi) is 7.14. The Labute approximate surface area is 228 Å². The third-order valence-electron chi connectivity index (χ3n) is 6.25. The molecular formula is C29H18F4O8. The minimum Gasteiger partial charge on any atom is -0.508 e. The number of fused-ring (bicyclic) bond motifs is 1. The molecule has 5 rings (SSSR count). The van der Waals surface area contributed by atoms with Crippen LogP contribution in [0.2, 0.25) is 0 Å². The molecule has 0 saturated heterocycles. The van der Waals surface area contributed by atoms with Gasteiger partial charge in [-0.3, -0.25) is 0 Å². The minimum atomic E-state index is -1.29. The molecule has 1 aliphatic rings. The number of aromatic hydroxyl groups is 3. The van der Waals surface area contributed by atoms with Gasteiger partial charge in [0.25, 0.3) is 0 Å². The third kappa shape index (κ3) is 5.57. The van der Waals surface area contributed by atoms with Gasteiger partial charge in [0.05, 0.1) is 11.1 Å². The molecule has 2 atom stereocenters. The van der Waals surface area contributed by atoms with Crippen molar-refractivity contribution in [1.82, 2.24) is 0 Å². The zero-order valence-electron chi connectivity index (χ0n) is 20.6. The predicted molar refractivity (Wildman–Crippen MR) is 132 cm³/mol. The Bertz CT molecular complexity index is 1690. The minimum absolute atomic E-state index is 0.0178. The molecule has 12 heteroatoms. The van der Waals surface area contributed by atoms with Gasteiger partial charge in [-0.05, 0) is 48.5 Å². The highest BCUT2D eigenvalue weighted by molar-refractivity contribution is 5.91. The maximum Gasteiger partial charge on any atom is 0.343 e. The molecule has 0 fully saturated rings. The van der Waals surface area contributed by atoms with Crippen molar-refractivity contribution in [2.75, 3.05) is 0 Å². The Morgan fingerprint density at radius 1 is 0.732 bits per heavy atom. The largest absolute Gasteiger partial charge is 0.508 e. The van der Waals surface area contributed by atoms with E-state index in [1.54, 1.807) is 0 Å². The molecule has 41 heavy (non-hydrogen) atoms. The van der Waals surface area contributed by atoms with E-state index >= 15 is 0 Å². The standard InChI is InChI=1S/C29H18F4O8/c30-18-4-1-14(7-20(18)32)28(37)40-25-11-16(34)10-24-17(25)12-26(27(39-24)13-3-6-22(35)23(36)9-13)41-29(38)15-2-5-19(31)21(33)8-15/h1-11,26-27,34-36H,12H2/t26-,27+/m0/s1. The summed E-state index contributed by atoms with van der Waals surface area (Å²) >= 11 is 0. The van der Waals surface area contributed by atoms with E-state index in [-0.39, 0.29) is 40.2 Å². The second kappa shape index (κ2) is 10.7. The first-order chi connectivity index (χ1) is 19.5. The molecule has 210 valence electrons. The summed E-state index contributed by atoms with van der Waals surface area (Å²) in [5.74, 6) is -8.72. The lowest BCUT2D eigenvalue weighted by atomic mass is 9.93. The van der Waals surface area contributed by atoms with Gasteiger partial charge < -0.3 is 29.5 Å². The number of hydrogen-bond donors (Lipinski definition) is 3. The highest BCUT2D eigenvalue weighted by Crippen LogP contribution is 2.44. The van der Waals surface area contributed by atoms with E-state index in [4.69, 9.17) is 14.2 Å². The van der Waals surface area contributed by atoms with Crippen LogP contribution < -0.4 is 9.47 Å². The van der Waals surface area contributed by atoms with E-state index in [9.17, 15) is 42.5 Å². The smallest absolute Gasteiger partial charge is 0.343 e. The summed E-state index contributed by atoms with van der Waals surface area (Å²) in [4.78, 5) is 25.6. The maximum absolute atomic E-state index is 13.8. The topological polar surface area (TPSA) is 123 Å². The van der Waals surface area contributed by atoms with Crippen molar-refractivity contribution in [3.63, 3.8) is 0 Å². The lowest BCUT2D eigenvalue weighted by Gasteiger charge is -2.34. The Hall–Kier alpha value is -5.26. The van der Waals surface area contributed by atoms with Gasteiger partial charge in [0, 0.05) is 29.7 Å². The molecule has 3 N–H and O–H groups in total. The van der Waals surface area contributed by atoms with Crippen molar-refractivity contribution in [2.45, 2.75) is 18.6 Å². The number of benzene rings is 4. The zero-order chi connectivity index (χ0) is 29.4. The van der Waals surface area contributed by atoms with E-state index in [1.165, 1.54) is 12.1 Å². The van der Waals surface area contributed by atoms with Crippen LogP contribution >= 0.6 is 0 Å². The first kappa shape index (κ1) is 27.3. The van der Waals surface area contributed by atoms with Crippen LogP contribution in [-0.2, 0) is 11.2 Å². The molecule has 1 heterocycles. The summed E-state index contributed by atoms with van der Waals surface area (Å²) in [6.45, 7) is 0. The van der Waals surface area contributed by atoms with E-state index < -0.39 is 64.7 Å². The molecule has 0 aliphatic carbocycles. The fourth-order valence-corrected chi connectivity index (χ4v) is 4.24. The van der Waals surface area contributed by atoms with Gasteiger partial charge in [-0.25, -0.2) is 27.2 Å². The van der Waals surface area contributed by atoms with E-state index in [0.717, 1.165) is 42.5 Å². The van der Waals surface area contributed by atoms with Crippen molar-refractivity contribution in [1.29, 1.82) is 0 Å². The molecule has 0 amide bonds. The normalized spacial score (nSPS) is 15.9. The molecule has 0 bridgehead atoms. The van der Waals surface area contributed by atoms with Gasteiger partial charge >= 0.3 is 11.9 Å². The van der Waals surface area contributed by atoms with Crippen molar-refractivity contribution >= 4 is 11.9 Å². The lowest BCUT2D eigenvalue weighted by molar-refractivity contribution is -0.0189. The van der Waals surface area contributed by atoms with Gasteiger partial charge in [0.2, 0.25) is 0 Å². The van der Waals surface area contributed by atoms with Crippen LogP contribution in [0.25, 0.3) is 0 Å². The van der Waals surface area contributed by atoms with Crippen LogP contribution in [0.15, 0.2) is 66.7 Å². The molecule has 4 aromatic rings. The number of ether oxygens (including phenoxy) is 3. The first-order valence-electron chi connectivity index (χ1n) is 11.9.